The van der Waals surface area contributed by atoms with Gasteiger partial charge in [0.25, 0.3) is 0 Å². The number of carbonyl (C=O) groups excluding carboxylic acids is 1. The van der Waals surface area contributed by atoms with E-state index in [1.807, 2.05) is 42.5 Å². The van der Waals surface area contributed by atoms with Crippen molar-refractivity contribution in [3.05, 3.63) is 78.0 Å². The summed E-state index contributed by atoms with van der Waals surface area (Å²) in [7, 11) is 0. The van der Waals surface area contributed by atoms with Crippen LogP contribution in [-0.2, 0) is 11.2 Å². The number of aromatic nitrogens is 1. The van der Waals surface area contributed by atoms with Gasteiger partial charge in [0.1, 0.15) is 17.6 Å². The van der Waals surface area contributed by atoms with Crippen LogP contribution < -0.4 is 14.8 Å². The molecule has 6 nitrogen and oxygen atoms in total. The van der Waals surface area contributed by atoms with Crippen LogP contribution in [-0.4, -0.2) is 35.4 Å². The number of benzene rings is 2. The minimum Gasteiger partial charge on any atom is -0.485 e. The second-order valence-corrected chi connectivity index (χ2v) is 8.70. The monoisotopic (exact) mass is 443 g/mol. The van der Waals surface area contributed by atoms with Gasteiger partial charge in [0.2, 0.25) is 11.8 Å². The van der Waals surface area contributed by atoms with Gasteiger partial charge in [-0.1, -0.05) is 36.8 Å². The number of pyridine rings is 1. The Labute approximate surface area is 194 Å². The Hall–Kier alpha value is -3.38. The number of aryl methyl sites for hydroxylation is 1. The molecule has 2 aliphatic heterocycles. The van der Waals surface area contributed by atoms with Gasteiger partial charge in [-0.15, -0.1) is 0 Å². The van der Waals surface area contributed by atoms with Crippen molar-refractivity contribution < 1.29 is 14.3 Å². The van der Waals surface area contributed by atoms with Crippen LogP contribution in [0.15, 0.2) is 66.9 Å². The maximum atomic E-state index is 12.3. The number of amides is 1. The summed E-state index contributed by atoms with van der Waals surface area (Å²) < 4.78 is 12.2. The molecule has 1 atom stereocenters. The van der Waals surface area contributed by atoms with Crippen molar-refractivity contribution in [2.75, 3.05) is 25.0 Å². The number of carbonyl (C=O) groups is 1. The Bertz CT molecular complexity index is 1080. The van der Waals surface area contributed by atoms with Crippen molar-refractivity contribution in [3.8, 4) is 17.4 Å². The molecular weight excluding hydrogens is 414 g/mol. The standard InChI is InChI=1S/C27H29N3O3/c31-26(19-30-15-5-2-6-16-30)29-22-10-14-27(28-18-22)32-23-11-13-25-21(17-23)9-12-24(33-25)20-7-3-1-4-8-20/h1,3-4,7-8,10-11,13-14,17-18,24H,2,5-6,9,12,15-16,19H2,(H,29,31). The molecule has 1 fully saturated rings. The Balaban J connectivity index is 1.17. The molecule has 1 unspecified atom stereocenters. The summed E-state index contributed by atoms with van der Waals surface area (Å²) in [6.45, 7) is 2.43. The van der Waals surface area contributed by atoms with Gasteiger partial charge in [-0.2, -0.15) is 0 Å². The SMILES string of the molecule is O=C(CN1CCCCC1)Nc1ccc(Oc2ccc3c(c2)CCC(c2ccccc2)O3)nc1. The van der Waals surface area contributed by atoms with Gasteiger partial charge in [-0.25, -0.2) is 4.98 Å². The van der Waals surface area contributed by atoms with Gasteiger partial charge >= 0.3 is 0 Å². The number of nitrogens with one attached hydrogen (secondary N) is 1. The van der Waals surface area contributed by atoms with Gasteiger partial charge in [0, 0.05) is 6.07 Å². The smallest absolute Gasteiger partial charge is 0.238 e. The van der Waals surface area contributed by atoms with E-state index in [0.717, 1.165) is 43.0 Å². The molecule has 0 bridgehead atoms. The molecule has 0 aliphatic carbocycles. The predicted octanol–water partition coefficient (Wildman–Crippen LogP) is 5.36. The quantitative estimate of drug-likeness (QED) is 0.555. The van der Waals surface area contributed by atoms with Crippen LogP contribution >= 0.6 is 0 Å². The summed E-state index contributed by atoms with van der Waals surface area (Å²) in [6.07, 6.45) is 7.19. The number of hydrogen-bond acceptors (Lipinski definition) is 5. The molecule has 33 heavy (non-hydrogen) atoms. The fourth-order valence-electron chi connectivity index (χ4n) is 4.49. The first-order chi connectivity index (χ1) is 16.2. The van der Waals surface area contributed by atoms with Crippen LogP contribution in [0.25, 0.3) is 0 Å². The highest BCUT2D eigenvalue weighted by Gasteiger charge is 2.21. The molecule has 1 saturated heterocycles. The molecular formula is C27H29N3O3. The number of rotatable bonds is 6. The number of piperidine rings is 1. The zero-order valence-electron chi connectivity index (χ0n) is 18.7. The highest BCUT2D eigenvalue weighted by molar-refractivity contribution is 5.92. The zero-order valence-corrected chi connectivity index (χ0v) is 18.7. The van der Waals surface area contributed by atoms with Gasteiger partial charge in [-0.05, 0) is 74.2 Å². The lowest BCUT2D eigenvalue weighted by Gasteiger charge is -2.26. The van der Waals surface area contributed by atoms with Gasteiger partial charge in [0.15, 0.2) is 0 Å². The number of hydrogen-bond donors (Lipinski definition) is 1. The molecule has 2 aliphatic rings. The average molecular weight is 444 g/mol. The van der Waals surface area contributed by atoms with E-state index >= 15 is 0 Å². The minimum absolute atomic E-state index is 0.00383. The molecule has 1 amide bonds. The topological polar surface area (TPSA) is 63.7 Å². The Morgan fingerprint density at radius 3 is 2.70 bits per heavy atom. The fraction of sp³-hybridized carbons (Fsp3) is 0.333. The lowest BCUT2D eigenvalue weighted by molar-refractivity contribution is -0.117. The first-order valence-corrected chi connectivity index (χ1v) is 11.7. The van der Waals surface area contributed by atoms with Crippen molar-refractivity contribution in [2.45, 2.75) is 38.2 Å². The highest BCUT2D eigenvalue weighted by atomic mass is 16.5. The molecule has 1 N–H and O–H groups in total. The summed E-state index contributed by atoms with van der Waals surface area (Å²) in [5, 5.41) is 2.92. The number of ether oxygens (including phenoxy) is 2. The van der Waals surface area contributed by atoms with E-state index < -0.39 is 0 Å². The molecule has 0 spiro atoms. The van der Waals surface area contributed by atoms with Crippen molar-refractivity contribution in [2.24, 2.45) is 0 Å². The van der Waals surface area contributed by atoms with Crippen LogP contribution in [0.1, 0.15) is 42.9 Å². The summed E-state index contributed by atoms with van der Waals surface area (Å²) in [5.41, 5.74) is 3.02. The third kappa shape index (κ3) is 5.52. The zero-order chi connectivity index (χ0) is 22.5. The second kappa shape index (κ2) is 10.0. The van der Waals surface area contributed by atoms with Crippen molar-refractivity contribution >= 4 is 11.6 Å². The molecule has 6 heteroatoms. The molecule has 0 saturated carbocycles. The summed E-state index contributed by atoms with van der Waals surface area (Å²) in [4.78, 5) is 18.8. The maximum Gasteiger partial charge on any atom is 0.238 e. The molecule has 170 valence electrons. The first kappa shape index (κ1) is 21.5. The molecule has 3 heterocycles. The Morgan fingerprint density at radius 1 is 1.06 bits per heavy atom. The van der Waals surface area contributed by atoms with Gasteiger partial charge < -0.3 is 14.8 Å². The largest absolute Gasteiger partial charge is 0.485 e. The van der Waals surface area contributed by atoms with E-state index in [-0.39, 0.29) is 12.0 Å². The van der Waals surface area contributed by atoms with E-state index in [0.29, 0.717) is 18.1 Å². The molecule has 0 radical (unpaired) electrons. The number of nitrogens with zero attached hydrogens (tertiary/aromatic N) is 2. The van der Waals surface area contributed by atoms with Crippen molar-refractivity contribution in [1.29, 1.82) is 0 Å². The normalized spacial score (nSPS) is 18.1. The molecule has 5 rings (SSSR count). The third-order valence-corrected chi connectivity index (χ3v) is 6.21. The van der Waals surface area contributed by atoms with Crippen LogP contribution in [0.2, 0.25) is 0 Å². The lowest BCUT2D eigenvalue weighted by atomic mass is 9.97. The maximum absolute atomic E-state index is 12.3. The van der Waals surface area contributed by atoms with Crippen molar-refractivity contribution in [3.63, 3.8) is 0 Å². The summed E-state index contributed by atoms with van der Waals surface area (Å²) >= 11 is 0. The van der Waals surface area contributed by atoms with Gasteiger partial charge in [0.05, 0.1) is 18.4 Å². The minimum atomic E-state index is -0.00383. The highest BCUT2D eigenvalue weighted by Crippen LogP contribution is 2.37. The molecule has 2 aromatic carbocycles. The second-order valence-electron chi connectivity index (χ2n) is 8.70. The number of likely N-dealkylation sites (tertiary alicyclic amines) is 1. The van der Waals surface area contributed by atoms with E-state index in [1.54, 1.807) is 12.3 Å². The third-order valence-electron chi connectivity index (χ3n) is 6.21. The van der Waals surface area contributed by atoms with E-state index in [4.69, 9.17) is 9.47 Å². The van der Waals surface area contributed by atoms with Crippen LogP contribution in [0.4, 0.5) is 5.69 Å². The van der Waals surface area contributed by atoms with Crippen molar-refractivity contribution in [1.82, 2.24) is 9.88 Å². The van der Waals surface area contributed by atoms with Crippen LogP contribution in [0, 0.1) is 0 Å². The first-order valence-electron chi connectivity index (χ1n) is 11.7. The number of fused-ring (bicyclic) bond motifs is 1. The summed E-state index contributed by atoms with van der Waals surface area (Å²) in [5.74, 6) is 2.12. The Kier molecular flexibility index (Phi) is 6.53. The Morgan fingerprint density at radius 2 is 1.91 bits per heavy atom. The molecule has 3 aromatic rings. The van der Waals surface area contributed by atoms with E-state index in [2.05, 4.69) is 27.3 Å². The molecule has 1 aromatic heterocycles. The number of anilines is 1. The lowest BCUT2D eigenvalue weighted by Crippen LogP contribution is -2.36. The van der Waals surface area contributed by atoms with E-state index in [9.17, 15) is 4.79 Å². The van der Waals surface area contributed by atoms with E-state index in [1.165, 1.54) is 24.8 Å². The van der Waals surface area contributed by atoms with Crippen LogP contribution in [0.3, 0.4) is 0 Å². The van der Waals surface area contributed by atoms with Gasteiger partial charge in [-0.3, -0.25) is 9.69 Å². The predicted molar refractivity (Wildman–Crippen MR) is 128 cm³/mol. The van der Waals surface area contributed by atoms with Crippen LogP contribution in [0.5, 0.6) is 17.4 Å². The fourth-order valence-corrected chi connectivity index (χ4v) is 4.49. The summed E-state index contributed by atoms with van der Waals surface area (Å²) in [6, 6.07) is 19.8. The average Bonchev–Trinajstić information content (AvgIpc) is 2.86.